The van der Waals surface area contributed by atoms with Crippen LogP contribution in [0, 0.1) is 0 Å². The molecule has 0 spiro atoms. The van der Waals surface area contributed by atoms with Gasteiger partial charge in [-0.15, -0.1) is 0 Å². The molecule has 0 amide bonds. The van der Waals surface area contributed by atoms with Crippen molar-refractivity contribution in [3.63, 3.8) is 0 Å². The molecule has 88 valence electrons. The maximum atomic E-state index is 12.4. The highest BCUT2D eigenvalue weighted by atomic mass is 19.4. The van der Waals surface area contributed by atoms with Crippen molar-refractivity contribution in [1.82, 2.24) is 4.98 Å². The number of aldehydes is 1. The van der Waals surface area contributed by atoms with Crippen LogP contribution in [0.3, 0.4) is 0 Å². The molecule has 0 aliphatic rings. The van der Waals surface area contributed by atoms with Gasteiger partial charge in [-0.25, -0.2) is 8.78 Å². The number of nitrogens with one attached hydrogen (secondary N) is 1. The molecular weight excluding hydrogens is 237 g/mol. The number of hydrogen-bond donors (Lipinski definition) is 1. The minimum absolute atomic E-state index is 0.125. The molecule has 1 aromatic rings. The quantitative estimate of drug-likeness (QED) is 0.637. The van der Waals surface area contributed by atoms with Gasteiger partial charge < -0.3 is 4.98 Å². The fraction of sp³-hybridized carbons (Fsp3) is 0.250. The third kappa shape index (κ3) is 2.26. The zero-order valence-corrected chi connectivity index (χ0v) is 7.44. The maximum absolute atomic E-state index is 12.4. The Labute approximate surface area is 84.9 Å². The number of carbonyl (C=O) groups excluding carboxylic acids is 1. The third-order valence-corrected chi connectivity index (χ3v) is 1.74. The van der Waals surface area contributed by atoms with Crippen LogP contribution in [-0.4, -0.2) is 11.3 Å². The fourth-order valence-electron chi connectivity index (χ4n) is 1.18. The Bertz CT molecular complexity index is 462. The summed E-state index contributed by atoms with van der Waals surface area (Å²) in [6.07, 6.45) is -8.94. The van der Waals surface area contributed by atoms with Crippen LogP contribution in [0.5, 0.6) is 0 Å². The van der Waals surface area contributed by atoms with E-state index in [1.807, 2.05) is 0 Å². The molecule has 1 N–H and O–H groups in total. The van der Waals surface area contributed by atoms with Crippen molar-refractivity contribution in [2.75, 3.05) is 0 Å². The van der Waals surface area contributed by atoms with Crippen LogP contribution >= 0.6 is 0 Å². The predicted octanol–water partition coefficient (Wildman–Crippen LogP) is 2.14. The highest BCUT2D eigenvalue weighted by molar-refractivity contribution is 5.75. The van der Waals surface area contributed by atoms with Crippen LogP contribution in [-0.2, 0) is 6.18 Å². The molecular formula is C8H4F5NO2. The van der Waals surface area contributed by atoms with Crippen LogP contribution < -0.4 is 5.56 Å². The zero-order valence-electron chi connectivity index (χ0n) is 7.44. The van der Waals surface area contributed by atoms with Crippen LogP contribution in [0.1, 0.15) is 28.0 Å². The van der Waals surface area contributed by atoms with Gasteiger partial charge in [-0.2, -0.15) is 13.2 Å². The normalized spacial score (nSPS) is 11.9. The van der Waals surface area contributed by atoms with Crippen LogP contribution in [0.4, 0.5) is 22.0 Å². The van der Waals surface area contributed by atoms with Crippen molar-refractivity contribution in [2.45, 2.75) is 12.6 Å². The SMILES string of the molecule is O=Cc1[nH]c(=O)cc(C(F)F)c1C(F)(F)F. The summed E-state index contributed by atoms with van der Waals surface area (Å²) in [6, 6.07) is 0.125. The summed E-state index contributed by atoms with van der Waals surface area (Å²) >= 11 is 0. The number of H-pyrrole nitrogens is 1. The van der Waals surface area contributed by atoms with E-state index in [2.05, 4.69) is 0 Å². The van der Waals surface area contributed by atoms with Gasteiger partial charge in [0.05, 0.1) is 11.3 Å². The van der Waals surface area contributed by atoms with Gasteiger partial charge in [0.25, 0.3) is 6.43 Å². The average Bonchev–Trinajstić information content (AvgIpc) is 2.14. The molecule has 0 atom stereocenters. The lowest BCUT2D eigenvalue weighted by molar-refractivity contribution is -0.140. The van der Waals surface area contributed by atoms with E-state index in [9.17, 15) is 31.5 Å². The zero-order chi connectivity index (χ0) is 12.5. The summed E-state index contributed by atoms with van der Waals surface area (Å²) < 4.78 is 61.7. The highest BCUT2D eigenvalue weighted by Crippen LogP contribution is 2.36. The Morgan fingerprint density at radius 1 is 1.31 bits per heavy atom. The Morgan fingerprint density at radius 2 is 1.88 bits per heavy atom. The number of hydrogen-bond acceptors (Lipinski definition) is 2. The summed E-state index contributed by atoms with van der Waals surface area (Å²) in [5, 5.41) is 0. The van der Waals surface area contributed by atoms with Crippen molar-refractivity contribution >= 4 is 6.29 Å². The fourth-order valence-corrected chi connectivity index (χ4v) is 1.18. The van der Waals surface area contributed by atoms with Crippen LogP contribution in [0.2, 0.25) is 0 Å². The number of carbonyl (C=O) groups is 1. The van der Waals surface area contributed by atoms with Gasteiger partial charge in [-0.1, -0.05) is 0 Å². The minimum atomic E-state index is -5.13. The lowest BCUT2D eigenvalue weighted by Crippen LogP contribution is -2.20. The second kappa shape index (κ2) is 4.03. The predicted molar refractivity (Wildman–Crippen MR) is 42.4 cm³/mol. The molecule has 1 heterocycles. The topological polar surface area (TPSA) is 49.9 Å². The largest absolute Gasteiger partial charge is 0.419 e. The van der Waals surface area contributed by atoms with Crippen molar-refractivity contribution in [1.29, 1.82) is 0 Å². The summed E-state index contributed by atoms with van der Waals surface area (Å²) in [7, 11) is 0. The molecule has 0 bridgehead atoms. The molecule has 1 rings (SSSR count). The Hall–Kier alpha value is -1.73. The summed E-state index contributed by atoms with van der Waals surface area (Å²) in [4.78, 5) is 22.6. The number of pyridine rings is 1. The Morgan fingerprint density at radius 3 is 2.25 bits per heavy atom. The van der Waals surface area contributed by atoms with E-state index in [0.29, 0.717) is 0 Å². The van der Waals surface area contributed by atoms with Gasteiger partial charge in [0, 0.05) is 11.6 Å². The summed E-state index contributed by atoms with van der Waals surface area (Å²) in [5.74, 6) is 0. The molecule has 1 aromatic heterocycles. The maximum Gasteiger partial charge on any atom is 0.419 e. The van der Waals surface area contributed by atoms with E-state index in [4.69, 9.17) is 0 Å². The standard InChI is InChI=1S/C8H4F5NO2/c9-7(10)3-1-5(16)14-4(2-15)6(3)8(11,12)13/h1-2,7H,(H,14,16). The van der Waals surface area contributed by atoms with Gasteiger partial charge in [0.15, 0.2) is 6.29 Å². The number of halogens is 5. The summed E-state index contributed by atoms with van der Waals surface area (Å²) in [6.45, 7) is 0. The highest BCUT2D eigenvalue weighted by Gasteiger charge is 2.39. The van der Waals surface area contributed by atoms with E-state index in [1.165, 1.54) is 0 Å². The second-order valence-electron chi connectivity index (χ2n) is 2.79. The van der Waals surface area contributed by atoms with Crippen molar-refractivity contribution in [2.24, 2.45) is 0 Å². The van der Waals surface area contributed by atoms with Crippen molar-refractivity contribution < 1.29 is 26.7 Å². The molecule has 0 fully saturated rings. The molecule has 0 saturated heterocycles. The van der Waals surface area contributed by atoms with E-state index in [1.54, 1.807) is 4.98 Å². The first-order valence-electron chi connectivity index (χ1n) is 3.85. The number of aromatic nitrogens is 1. The van der Waals surface area contributed by atoms with Crippen molar-refractivity contribution in [3.8, 4) is 0 Å². The molecule has 0 aliphatic heterocycles. The first-order valence-corrected chi connectivity index (χ1v) is 3.85. The van der Waals surface area contributed by atoms with Gasteiger partial charge in [-0.05, 0) is 0 Å². The van der Waals surface area contributed by atoms with Gasteiger partial charge in [0.1, 0.15) is 0 Å². The average molecular weight is 241 g/mol. The van der Waals surface area contributed by atoms with Gasteiger partial charge >= 0.3 is 6.18 Å². The van der Waals surface area contributed by atoms with E-state index < -0.39 is 35.0 Å². The monoisotopic (exact) mass is 241 g/mol. The number of alkyl halides is 5. The molecule has 0 saturated carbocycles. The first kappa shape index (κ1) is 12.3. The molecule has 0 unspecified atom stereocenters. The third-order valence-electron chi connectivity index (χ3n) is 1.74. The Kier molecular flexibility index (Phi) is 3.11. The van der Waals surface area contributed by atoms with Crippen LogP contribution in [0.15, 0.2) is 10.9 Å². The molecule has 0 radical (unpaired) electrons. The summed E-state index contributed by atoms with van der Waals surface area (Å²) in [5.41, 5.74) is -5.70. The number of rotatable bonds is 2. The van der Waals surface area contributed by atoms with Crippen molar-refractivity contribution in [3.05, 3.63) is 33.2 Å². The Balaban J connectivity index is 3.65. The lowest BCUT2D eigenvalue weighted by atomic mass is 10.1. The molecule has 3 nitrogen and oxygen atoms in total. The molecule has 0 aliphatic carbocycles. The van der Waals surface area contributed by atoms with E-state index >= 15 is 0 Å². The van der Waals surface area contributed by atoms with E-state index in [-0.39, 0.29) is 12.4 Å². The van der Waals surface area contributed by atoms with Gasteiger partial charge in [-0.3, -0.25) is 9.59 Å². The lowest BCUT2D eigenvalue weighted by Gasteiger charge is -2.13. The smallest absolute Gasteiger partial charge is 0.319 e. The molecule has 16 heavy (non-hydrogen) atoms. The van der Waals surface area contributed by atoms with E-state index in [0.717, 1.165) is 0 Å². The van der Waals surface area contributed by atoms with Crippen LogP contribution in [0.25, 0.3) is 0 Å². The minimum Gasteiger partial charge on any atom is -0.319 e. The second-order valence-corrected chi connectivity index (χ2v) is 2.79. The first-order chi connectivity index (χ1) is 7.27. The molecule has 0 aromatic carbocycles. The number of aromatic amines is 1. The molecule has 8 heteroatoms. The van der Waals surface area contributed by atoms with Gasteiger partial charge in [0.2, 0.25) is 5.56 Å².